The monoisotopic (exact) mass is 409 g/mol. The minimum Gasteiger partial charge on any atom is -0.466 e. The van der Waals surface area contributed by atoms with Gasteiger partial charge in [0.2, 0.25) is 0 Å². The SMILES string of the molecule is CCOC(=O)C1CCN(CN2C(=O)N[C@@](C)(c3cccc4ccccc34)C2=O)CC1. The lowest BCUT2D eigenvalue weighted by atomic mass is 9.88. The Bertz CT molecular complexity index is 978. The van der Waals surface area contributed by atoms with Crippen LogP contribution < -0.4 is 5.32 Å². The molecule has 0 aliphatic carbocycles. The third-order valence-corrected chi connectivity index (χ3v) is 6.15. The second-order valence-electron chi connectivity index (χ2n) is 8.10. The number of urea groups is 1. The van der Waals surface area contributed by atoms with Gasteiger partial charge < -0.3 is 10.1 Å². The molecule has 2 saturated heterocycles. The Morgan fingerprint density at radius 2 is 1.83 bits per heavy atom. The molecule has 0 aromatic heterocycles. The molecule has 1 N–H and O–H groups in total. The van der Waals surface area contributed by atoms with Gasteiger partial charge in [0, 0.05) is 13.1 Å². The maximum atomic E-state index is 13.4. The lowest BCUT2D eigenvalue weighted by Crippen LogP contribution is -2.46. The van der Waals surface area contributed by atoms with E-state index in [-0.39, 0.29) is 30.5 Å². The number of hydrogen-bond donors (Lipinski definition) is 1. The van der Waals surface area contributed by atoms with Crippen LogP contribution in [-0.2, 0) is 19.9 Å². The zero-order chi connectivity index (χ0) is 21.3. The zero-order valence-electron chi connectivity index (χ0n) is 17.4. The number of carbonyl (C=O) groups is 3. The van der Waals surface area contributed by atoms with Crippen molar-refractivity contribution < 1.29 is 19.1 Å². The Morgan fingerprint density at radius 3 is 2.57 bits per heavy atom. The van der Waals surface area contributed by atoms with Gasteiger partial charge in [0.15, 0.2) is 0 Å². The number of rotatable bonds is 5. The topological polar surface area (TPSA) is 79.0 Å². The van der Waals surface area contributed by atoms with E-state index in [1.807, 2.05) is 47.4 Å². The van der Waals surface area contributed by atoms with Crippen molar-refractivity contribution in [2.75, 3.05) is 26.4 Å². The quantitative estimate of drug-likeness (QED) is 0.607. The van der Waals surface area contributed by atoms with E-state index < -0.39 is 5.54 Å². The number of piperidine rings is 1. The highest BCUT2D eigenvalue weighted by Gasteiger charge is 2.50. The highest BCUT2D eigenvalue weighted by atomic mass is 16.5. The van der Waals surface area contributed by atoms with Crippen LogP contribution in [0.15, 0.2) is 42.5 Å². The largest absolute Gasteiger partial charge is 0.466 e. The first-order valence-electron chi connectivity index (χ1n) is 10.5. The third-order valence-electron chi connectivity index (χ3n) is 6.15. The van der Waals surface area contributed by atoms with E-state index in [4.69, 9.17) is 4.74 Å². The standard InChI is InChI=1S/C23H27N3O4/c1-3-30-20(27)17-11-13-25(14-12-17)15-26-21(28)23(2,24-22(26)29)19-10-6-8-16-7-4-5-9-18(16)19/h4-10,17H,3,11-15H2,1-2H3,(H,24,29)/t23-/m0/s1. The molecule has 2 aromatic carbocycles. The van der Waals surface area contributed by atoms with Gasteiger partial charge in [-0.25, -0.2) is 9.69 Å². The molecule has 0 unspecified atom stereocenters. The number of hydrogen-bond acceptors (Lipinski definition) is 5. The van der Waals surface area contributed by atoms with Crippen molar-refractivity contribution in [1.82, 2.24) is 15.1 Å². The molecule has 1 atom stereocenters. The molecule has 158 valence electrons. The molecule has 3 amide bonds. The van der Waals surface area contributed by atoms with Crippen LogP contribution in [0.25, 0.3) is 10.8 Å². The minimum absolute atomic E-state index is 0.106. The van der Waals surface area contributed by atoms with Crippen LogP contribution >= 0.6 is 0 Å². The molecule has 2 aromatic rings. The molecule has 2 fully saturated rings. The van der Waals surface area contributed by atoms with Gasteiger partial charge in [0.05, 0.1) is 19.2 Å². The number of benzene rings is 2. The number of imide groups is 1. The Labute approximate surface area is 176 Å². The predicted molar refractivity (Wildman–Crippen MR) is 112 cm³/mol. The second kappa shape index (κ2) is 8.07. The molecule has 2 aliphatic rings. The highest BCUT2D eigenvalue weighted by molar-refractivity contribution is 6.09. The van der Waals surface area contributed by atoms with Crippen molar-refractivity contribution >= 4 is 28.7 Å². The molecule has 2 heterocycles. The van der Waals surface area contributed by atoms with Crippen molar-refractivity contribution in [3.05, 3.63) is 48.0 Å². The Hall–Kier alpha value is -2.93. The van der Waals surface area contributed by atoms with E-state index in [0.717, 1.165) is 16.3 Å². The summed E-state index contributed by atoms with van der Waals surface area (Å²) in [6, 6.07) is 13.3. The normalized spacial score (nSPS) is 23.1. The number of fused-ring (bicyclic) bond motifs is 1. The van der Waals surface area contributed by atoms with E-state index in [2.05, 4.69) is 5.32 Å². The molecule has 0 bridgehead atoms. The summed E-state index contributed by atoms with van der Waals surface area (Å²) in [5.74, 6) is -0.516. The van der Waals surface area contributed by atoms with Crippen molar-refractivity contribution in [2.45, 2.75) is 32.2 Å². The van der Waals surface area contributed by atoms with Crippen LogP contribution in [-0.4, -0.2) is 54.1 Å². The molecule has 2 aliphatic heterocycles. The van der Waals surface area contributed by atoms with Gasteiger partial charge in [-0.3, -0.25) is 14.5 Å². The van der Waals surface area contributed by atoms with Crippen molar-refractivity contribution in [2.24, 2.45) is 5.92 Å². The average Bonchev–Trinajstić information content (AvgIpc) is 2.98. The summed E-state index contributed by atoms with van der Waals surface area (Å²) in [7, 11) is 0. The van der Waals surface area contributed by atoms with Crippen molar-refractivity contribution in [1.29, 1.82) is 0 Å². The maximum absolute atomic E-state index is 13.4. The fourth-order valence-electron chi connectivity index (χ4n) is 4.44. The molecular formula is C23H27N3O4. The van der Waals surface area contributed by atoms with E-state index in [1.165, 1.54) is 4.90 Å². The summed E-state index contributed by atoms with van der Waals surface area (Å²) in [5.41, 5.74) is -0.316. The first-order chi connectivity index (χ1) is 14.4. The first kappa shape index (κ1) is 20.3. The van der Waals surface area contributed by atoms with E-state index >= 15 is 0 Å². The highest BCUT2D eigenvalue weighted by Crippen LogP contribution is 2.34. The van der Waals surface area contributed by atoms with E-state index in [0.29, 0.717) is 32.5 Å². The number of carbonyl (C=O) groups excluding carboxylic acids is 3. The molecule has 0 radical (unpaired) electrons. The Morgan fingerprint density at radius 1 is 1.13 bits per heavy atom. The van der Waals surface area contributed by atoms with Gasteiger partial charge in [-0.1, -0.05) is 42.5 Å². The smallest absolute Gasteiger partial charge is 0.326 e. The lowest BCUT2D eigenvalue weighted by molar-refractivity contribution is -0.150. The van der Waals surface area contributed by atoms with Crippen LogP contribution in [0.5, 0.6) is 0 Å². The fraction of sp³-hybridized carbons (Fsp3) is 0.435. The summed E-state index contributed by atoms with van der Waals surface area (Å²) < 4.78 is 5.11. The molecule has 0 saturated carbocycles. The van der Waals surface area contributed by atoms with Crippen LogP contribution in [0.1, 0.15) is 32.3 Å². The summed E-state index contributed by atoms with van der Waals surface area (Å²) in [5, 5.41) is 4.89. The van der Waals surface area contributed by atoms with Gasteiger partial charge in [-0.2, -0.15) is 0 Å². The molecular weight excluding hydrogens is 382 g/mol. The van der Waals surface area contributed by atoms with Gasteiger partial charge in [0.25, 0.3) is 5.91 Å². The number of nitrogens with one attached hydrogen (secondary N) is 1. The Balaban J connectivity index is 1.49. The van der Waals surface area contributed by atoms with Gasteiger partial charge in [0.1, 0.15) is 5.54 Å². The number of esters is 1. The fourth-order valence-corrected chi connectivity index (χ4v) is 4.44. The molecule has 7 nitrogen and oxygen atoms in total. The van der Waals surface area contributed by atoms with Crippen LogP contribution in [0, 0.1) is 5.92 Å². The lowest BCUT2D eigenvalue weighted by Gasteiger charge is -2.33. The minimum atomic E-state index is -1.11. The third kappa shape index (κ3) is 3.54. The number of likely N-dealkylation sites (tertiary alicyclic amines) is 1. The molecule has 30 heavy (non-hydrogen) atoms. The van der Waals surface area contributed by atoms with Crippen LogP contribution in [0.4, 0.5) is 4.79 Å². The molecule has 7 heteroatoms. The van der Waals surface area contributed by atoms with Crippen molar-refractivity contribution in [3.63, 3.8) is 0 Å². The van der Waals surface area contributed by atoms with Crippen molar-refractivity contribution in [3.8, 4) is 0 Å². The summed E-state index contributed by atoms with van der Waals surface area (Å²) >= 11 is 0. The summed E-state index contributed by atoms with van der Waals surface area (Å²) in [4.78, 5) is 41.4. The summed E-state index contributed by atoms with van der Waals surface area (Å²) in [6.07, 6.45) is 1.34. The molecule has 0 spiro atoms. The Kier molecular flexibility index (Phi) is 5.47. The number of amides is 3. The number of nitrogens with zero attached hydrogens (tertiary/aromatic N) is 2. The summed E-state index contributed by atoms with van der Waals surface area (Å²) in [6.45, 7) is 5.46. The van der Waals surface area contributed by atoms with Crippen LogP contribution in [0.2, 0.25) is 0 Å². The first-order valence-corrected chi connectivity index (χ1v) is 10.5. The van der Waals surface area contributed by atoms with Gasteiger partial charge >= 0.3 is 12.0 Å². The van der Waals surface area contributed by atoms with Crippen LogP contribution in [0.3, 0.4) is 0 Å². The molecule has 4 rings (SSSR count). The van der Waals surface area contributed by atoms with Gasteiger partial charge in [-0.05, 0) is 43.0 Å². The van der Waals surface area contributed by atoms with E-state index in [1.54, 1.807) is 13.8 Å². The van der Waals surface area contributed by atoms with Gasteiger partial charge in [-0.15, -0.1) is 0 Å². The maximum Gasteiger partial charge on any atom is 0.326 e. The second-order valence-corrected chi connectivity index (χ2v) is 8.10. The predicted octanol–water partition coefficient (Wildman–Crippen LogP) is 2.84. The zero-order valence-corrected chi connectivity index (χ0v) is 17.4. The average molecular weight is 409 g/mol. The number of ether oxygens (including phenoxy) is 1. The van der Waals surface area contributed by atoms with E-state index in [9.17, 15) is 14.4 Å².